The van der Waals surface area contributed by atoms with Crippen molar-refractivity contribution in [2.75, 3.05) is 10.6 Å². The number of hydrogen-bond acceptors (Lipinski definition) is 4. The van der Waals surface area contributed by atoms with Crippen LogP contribution in [0.5, 0.6) is 0 Å². The molecule has 2 aromatic rings. The van der Waals surface area contributed by atoms with Crippen LogP contribution >= 0.6 is 0 Å². The minimum absolute atomic E-state index is 0.234. The van der Waals surface area contributed by atoms with Gasteiger partial charge in [-0.2, -0.15) is 5.10 Å². The Balaban J connectivity index is 1.70. The van der Waals surface area contributed by atoms with Crippen LogP contribution in [0.3, 0.4) is 0 Å². The van der Waals surface area contributed by atoms with Gasteiger partial charge < -0.3 is 0 Å². The van der Waals surface area contributed by atoms with Crippen LogP contribution in [0.25, 0.3) is 0 Å². The summed E-state index contributed by atoms with van der Waals surface area (Å²) in [5.74, 6) is -0.287. The molecule has 0 aliphatic heterocycles. The second kappa shape index (κ2) is 10.6. The lowest BCUT2D eigenvalue weighted by Gasteiger charge is -2.23. The van der Waals surface area contributed by atoms with Gasteiger partial charge in [0.05, 0.1) is 18.5 Å². The van der Waals surface area contributed by atoms with Gasteiger partial charge in [-0.05, 0) is 62.4 Å². The second-order valence-electron chi connectivity index (χ2n) is 8.19. The maximum atomic E-state index is 12.5. The van der Waals surface area contributed by atoms with Crippen LogP contribution in [0, 0.1) is 6.92 Å². The topological polar surface area (TPSA) is 78.8 Å². The van der Waals surface area contributed by atoms with Crippen molar-refractivity contribution in [3.8, 4) is 0 Å². The van der Waals surface area contributed by atoms with Gasteiger partial charge in [-0.15, -0.1) is 0 Å². The Labute approximate surface area is 185 Å². The number of benzene rings is 2. The van der Waals surface area contributed by atoms with E-state index in [1.807, 2.05) is 31.2 Å². The first-order valence-corrected chi connectivity index (χ1v) is 12.7. The van der Waals surface area contributed by atoms with Gasteiger partial charge >= 0.3 is 0 Å². The van der Waals surface area contributed by atoms with Gasteiger partial charge in [0.2, 0.25) is 10.0 Å². The van der Waals surface area contributed by atoms with E-state index >= 15 is 0 Å². The van der Waals surface area contributed by atoms with Crippen molar-refractivity contribution in [3.05, 3.63) is 65.2 Å². The molecule has 0 aromatic heterocycles. The number of rotatable bonds is 6. The molecule has 7 heteroatoms. The van der Waals surface area contributed by atoms with E-state index in [2.05, 4.69) is 10.5 Å². The average Bonchev–Trinajstić information content (AvgIpc) is 2.71. The van der Waals surface area contributed by atoms with Crippen LogP contribution in [0.15, 0.2) is 53.6 Å². The molecule has 1 fully saturated rings. The van der Waals surface area contributed by atoms with Crippen LogP contribution in [-0.4, -0.2) is 26.3 Å². The highest BCUT2D eigenvalue weighted by Gasteiger charge is 2.18. The Morgan fingerprint density at radius 3 is 2.10 bits per heavy atom. The predicted molar refractivity (Wildman–Crippen MR) is 126 cm³/mol. The molecule has 0 radical (unpaired) electrons. The Kier molecular flexibility index (Phi) is 7.85. The number of nitrogens with zero attached hydrogens (tertiary/aromatic N) is 2. The summed E-state index contributed by atoms with van der Waals surface area (Å²) in [7, 11) is -3.48. The van der Waals surface area contributed by atoms with Gasteiger partial charge in [-0.25, -0.2) is 13.8 Å². The smallest absolute Gasteiger partial charge is 0.267 e. The molecule has 0 bridgehead atoms. The molecular formula is C24H31N3O3S. The summed E-state index contributed by atoms with van der Waals surface area (Å²) < 4.78 is 26.1. The molecule has 1 N–H and O–H groups in total. The van der Waals surface area contributed by atoms with E-state index in [1.165, 1.54) is 29.8 Å². The lowest BCUT2D eigenvalue weighted by Crippen LogP contribution is -2.29. The Morgan fingerprint density at radius 2 is 1.52 bits per heavy atom. The summed E-state index contributed by atoms with van der Waals surface area (Å²) in [5, 5.41) is 4.33. The zero-order valence-corrected chi connectivity index (χ0v) is 19.1. The van der Waals surface area contributed by atoms with Crippen molar-refractivity contribution in [1.82, 2.24) is 5.43 Å². The Bertz CT molecular complexity index is 1000. The first-order valence-electron chi connectivity index (χ1n) is 10.8. The van der Waals surface area contributed by atoms with Crippen molar-refractivity contribution in [1.29, 1.82) is 0 Å². The molecule has 0 spiro atoms. The van der Waals surface area contributed by atoms with Crippen LogP contribution in [0.2, 0.25) is 0 Å². The van der Waals surface area contributed by atoms with Crippen LogP contribution < -0.4 is 9.73 Å². The Morgan fingerprint density at radius 1 is 0.935 bits per heavy atom. The molecule has 1 aliphatic carbocycles. The largest absolute Gasteiger partial charge is 0.271 e. The number of hydrogen-bond donors (Lipinski definition) is 1. The standard InChI is InChI=1S/C24H31N3O3S/c1-19-10-12-20(13-11-19)18-27(31(2,29)30)23-16-14-21(15-17-23)24(28)26-25-22-8-6-4-3-5-7-9-22/h10-17H,3-9,18H2,1-2H3,(H,26,28). The minimum Gasteiger partial charge on any atom is -0.267 e. The molecule has 0 atom stereocenters. The quantitative estimate of drug-likeness (QED) is 0.655. The number of nitrogens with one attached hydrogen (secondary N) is 1. The van der Waals surface area contributed by atoms with E-state index in [0.717, 1.165) is 42.5 Å². The predicted octanol–water partition coefficient (Wildman–Crippen LogP) is 4.79. The molecule has 0 heterocycles. The SMILES string of the molecule is Cc1ccc(CN(c2ccc(C(=O)NN=C3CCCCCCC3)cc2)S(C)(=O)=O)cc1. The molecule has 0 saturated heterocycles. The molecule has 6 nitrogen and oxygen atoms in total. The molecular weight excluding hydrogens is 410 g/mol. The summed E-state index contributed by atoms with van der Waals surface area (Å²) in [5.41, 5.74) is 6.69. The molecule has 1 amide bonds. The van der Waals surface area contributed by atoms with Gasteiger partial charge in [0.1, 0.15) is 0 Å². The van der Waals surface area contributed by atoms with E-state index in [9.17, 15) is 13.2 Å². The highest BCUT2D eigenvalue weighted by atomic mass is 32.2. The first-order chi connectivity index (χ1) is 14.8. The second-order valence-corrected chi connectivity index (χ2v) is 10.1. The lowest BCUT2D eigenvalue weighted by molar-refractivity contribution is 0.0954. The fourth-order valence-electron chi connectivity index (χ4n) is 3.66. The summed E-state index contributed by atoms with van der Waals surface area (Å²) in [6, 6.07) is 14.3. The van der Waals surface area contributed by atoms with Gasteiger partial charge in [0, 0.05) is 11.3 Å². The van der Waals surface area contributed by atoms with Crippen LogP contribution in [0.4, 0.5) is 5.69 Å². The van der Waals surface area contributed by atoms with Crippen molar-refractivity contribution >= 4 is 27.3 Å². The fraction of sp³-hybridized carbons (Fsp3) is 0.417. The third-order valence-corrected chi connectivity index (χ3v) is 6.65. The zero-order chi connectivity index (χ0) is 22.3. The summed E-state index contributed by atoms with van der Waals surface area (Å²) in [4.78, 5) is 12.5. The van der Waals surface area contributed by atoms with E-state index < -0.39 is 10.0 Å². The van der Waals surface area contributed by atoms with E-state index in [-0.39, 0.29) is 12.5 Å². The molecule has 0 unspecified atom stereocenters. The third kappa shape index (κ3) is 6.92. The zero-order valence-electron chi connectivity index (χ0n) is 18.3. The summed E-state index contributed by atoms with van der Waals surface area (Å²) >= 11 is 0. The molecule has 31 heavy (non-hydrogen) atoms. The minimum atomic E-state index is -3.48. The van der Waals surface area contributed by atoms with Gasteiger partial charge in [-0.3, -0.25) is 9.10 Å². The highest BCUT2D eigenvalue weighted by molar-refractivity contribution is 7.92. The first kappa shape index (κ1) is 23.0. The van der Waals surface area contributed by atoms with Crippen LogP contribution in [0.1, 0.15) is 66.4 Å². The molecule has 2 aromatic carbocycles. The van der Waals surface area contributed by atoms with E-state index in [4.69, 9.17) is 0 Å². The van der Waals surface area contributed by atoms with Crippen molar-refractivity contribution in [3.63, 3.8) is 0 Å². The average molecular weight is 442 g/mol. The summed E-state index contributed by atoms with van der Waals surface area (Å²) in [6.45, 7) is 2.22. The van der Waals surface area contributed by atoms with Gasteiger partial charge in [-0.1, -0.05) is 49.1 Å². The Hall–Kier alpha value is -2.67. The number of carbonyl (C=O) groups is 1. The fourth-order valence-corrected chi connectivity index (χ4v) is 4.55. The number of anilines is 1. The summed E-state index contributed by atoms with van der Waals surface area (Å²) in [6.07, 6.45) is 9.00. The number of carbonyl (C=O) groups excluding carboxylic acids is 1. The van der Waals surface area contributed by atoms with Gasteiger partial charge in [0.15, 0.2) is 0 Å². The van der Waals surface area contributed by atoms with Crippen molar-refractivity contribution in [2.24, 2.45) is 5.10 Å². The molecule has 1 aliphatic rings. The van der Waals surface area contributed by atoms with Crippen molar-refractivity contribution in [2.45, 2.75) is 58.4 Å². The molecule has 1 saturated carbocycles. The number of amides is 1. The number of sulfonamides is 1. The van der Waals surface area contributed by atoms with E-state index in [0.29, 0.717) is 11.3 Å². The highest BCUT2D eigenvalue weighted by Crippen LogP contribution is 2.22. The molecule has 3 rings (SSSR count). The maximum Gasteiger partial charge on any atom is 0.271 e. The van der Waals surface area contributed by atoms with Gasteiger partial charge in [0.25, 0.3) is 5.91 Å². The van der Waals surface area contributed by atoms with Crippen molar-refractivity contribution < 1.29 is 13.2 Å². The monoisotopic (exact) mass is 441 g/mol. The molecule has 166 valence electrons. The van der Waals surface area contributed by atoms with E-state index in [1.54, 1.807) is 24.3 Å². The number of aryl methyl sites for hydroxylation is 1. The third-order valence-electron chi connectivity index (χ3n) is 5.51. The number of hydrazone groups is 1. The lowest BCUT2D eigenvalue weighted by atomic mass is 9.99. The maximum absolute atomic E-state index is 12.5. The van der Waals surface area contributed by atoms with Crippen LogP contribution in [-0.2, 0) is 16.6 Å². The normalized spacial score (nSPS) is 15.0.